The van der Waals surface area contributed by atoms with Gasteiger partial charge in [-0.1, -0.05) is 18.2 Å². The number of carbonyl (C=O) groups excluding carboxylic acids is 4. The summed E-state index contributed by atoms with van der Waals surface area (Å²) in [7, 11) is 0. The molecule has 2 aliphatic heterocycles. The number of piperidine rings is 1. The van der Waals surface area contributed by atoms with Gasteiger partial charge in [0, 0.05) is 30.3 Å². The molecule has 10 nitrogen and oxygen atoms in total. The number of anilines is 1. The molecule has 0 radical (unpaired) electrons. The standard InChI is InChI=1S/C36H41F3N4O6/c1-22-29(31(45)25-15-17-41(18-16-25)33(47)49-35(5,6)7)30(24-13-11-23(20-40)12-14-24)42(21-28(44)48-34(2,3)4)32(46)43(22)27-10-8-9-26(19-27)36(37,38)39/h8-14,19,25,30H,15-18,21H2,1-7H3. The van der Waals surface area contributed by atoms with Gasteiger partial charge in [0.15, 0.2) is 5.78 Å². The van der Waals surface area contributed by atoms with Crippen molar-refractivity contribution in [2.75, 3.05) is 24.5 Å². The molecule has 262 valence electrons. The van der Waals surface area contributed by atoms with Crippen molar-refractivity contribution < 1.29 is 41.8 Å². The second kappa shape index (κ2) is 13.9. The van der Waals surface area contributed by atoms with Crippen molar-refractivity contribution in [2.45, 2.75) is 84.7 Å². The lowest BCUT2D eigenvalue weighted by atomic mass is 9.81. The normalized spacial score (nSPS) is 17.9. The summed E-state index contributed by atoms with van der Waals surface area (Å²) in [4.78, 5) is 58.7. The molecule has 13 heteroatoms. The zero-order valence-electron chi connectivity index (χ0n) is 28.7. The molecule has 2 aliphatic rings. The van der Waals surface area contributed by atoms with E-state index in [1.165, 1.54) is 30.0 Å². The molecular formula is C36H41F3N4O6. The van der Waals surface area contributed by atoms with Crippen LogP contribution in [0.3, 0.4) is 0 Å². The molecule has 0 aromatic heterocycles. The predicted molar refractivity (Wildman–Crippen MR) is 174 cm³/mol. The Balaban J connectivity index is 1.85. The quantitative estimate of drug-likeness (QED) is 0.292. The molecule has 1 saturated heterocycles. The lowest BCUT2D eigenvalue weighted by Gasteiger charge is -2.44. The number of amides is 3. The van der Waals surface area contributed by atoms with Crippen molar-refractivity contribution in [3.8, 4) is 6.07 Å². The van der Waals surface area contributed by atoms with E-state index in [0.717, 1.165) is 28.0 Å². The van der Waals surface area contributed by atoms with E-state index in [1.54, 1.807) is 53.7 Å². The van der Waals surface area contributed by atoms with Crippen molar-refractivity contribution in [1.29, 1.82) is 5.26 Å². The first-order valence-corrected chi connectivity index (χ1v) is 15.9. The topological polar surface area (TPSA) is 120 Å². The van der Waals surface area contributed by atoms with E-state index in [1.807, 2.05) is 6.07 Å². The number of nitrogens with zero attached hydrogens (tertiary/aromatic N) is 4. The Morgan fingerprint density at radius 3 is 2.04 bits per heavy atom. The van der Waals surface area contributed by atoms with E-state index in [2.05, 4.69) is 0 Å². The summed E-state index contributed by atoms with van der Waals surface area (Å²) in [5.41, 5.74) is -1.85. The molecule has 2 heterocycles. The molecule has 0 aliphatic carbocycles. The molecule has 4 rings (SSSR count). The minimum atomic E-state index is -4.71. The van der Waals surface area contributed by atoms with Crippen molar-refractivity contribution in [1.82, 2.24) is 9.80 Å². The van der Waals surface area contributed by atoms with Crippen molar-refractivity contribution in [3.63, 3.8) is 0 Å². The van der Waals surface area contributed by atoms with Gasteiger partial charge in [0.2, 0.25) is 0 Å². The molecule has 0 spiro atoms. The third-order valence-corrected chi connectivity index (χ3v) is 8.04. The minimum Gasteiger partial charge on any atom is -0.459 e. The van der Waals surface area contributed by atoms with Crippen LogP contribution >= 0.6 is 0 Å². The van der Waals surface area contributed by atoms with Gasteiger partial charge >= 0.3 is 24.3 Å². The van der Waals surface area contributed by atoms with Gasteiger partial charge in [0.05, 0.1) is 28.9 Å². The van der Waals surface area contributed by atoms with Crippen LogP contribution in [0.2, 0.25) is 0 Å². The van der Waals surface area contributed by atoms with Crippen LogP contribution in [0, 0.1) is 17.2 Å². The zero-order chi connectivity index (χ0) is 36.5. The van der Waals surface area contributed by atoms with E-state index >= 15 is 0 Å². The Morgan fingerprint density at radius 1 is 0.918 bits per heavy atom. The first-order chi connectivity index (χ1) is 22.7. The lowest BCUT2D eigenvalue weighted by Crippen LogP contribution is -2.53. The summed E-state index contributed by atoms with van der Waals surface area (Å²) in [5.74, 6) is -1.79. The second-order valence-corrected chi connectivity index (χ2v) is 14.1. The number of rotatable bonds is 6. The molecular weight excluding hydrogens is 641 g/mol. The molecule has 49 heavy (non-hydrogen) atoms. The number of alkyl halides is 3. The fourth-order valence-electron chi connectivity index (χ4n) is 5.92. The zero-order valence-corrected chi connectivity index (χ0v) is 28.7. The van der Waals surface area contributed by atoms with E-state index in [0.29, 0.717) is 11.1 Å². The van der Waals surface area contributed by atoms with Crippen molar-refractivity contribution >= 4 is 29.6 Å². The van der Waals surface area contributed by atoms with Crippen LogP contribution in [0.25, 0.3) is 0 Å². The number of likely N-dealkylation sites (tertiary alicyclic amines) is 1. The molecule has 1 unspecified atom stereocenters. The Labute approximate surface area is 284 Å². The Morgan fingerprint density at radius 2 is 1.51 bits per heavy atom. The number of hydrogen-bond acceptors (Lipinski definition) is 7. The van der Waals surface area contributed by atoms with Crippen molar-refractivity contribution in [2.24, 2.45) is 5.92 Å². The lowest BCUT2D eigenvalue weighted by molar-refractivity contribution is -0.156. The number of carbonyl (C=O) groups is 4. The maximum atomic E-state index is 14.6. The largest absolute Gasteiger partial charge is 0.459 e. The monoisotopic (exact) mass is 682 g/mol. The minimum absolute atomic E-state index is 0.0960. The summed E-state index contributed by atoms with van der Waals surface area (Å²) in [6.07, 6.45) is -4.70. The average molecular weight is 683 g/mol. The molecule has 0 bridgehead atoms. The van der Waals surface area contributed by atoms with Crippen LogP contribution in [0.1, 0.15) is 84.0 Å². The number of ether oxygens (including phenoxy) is 2. The van der Waals surface area contributed by atoms with Crippen LogP contribution < -0.4 is 4.90 Å². The summed E-state index contributed by atoms with van der Waals surface area (Å²) < 4.78 is 52.4. The molecule has 1 fully saturated rings. The second-order valence-electron chi connectivity index (χ2n) is 14.1. The first-order valence-electron chi connectivity index (χ1n) is 15.9. The van der Waals surface area contributed by atoms with Gasteiger partial charge in [-0.3, -0.25) is 14.5 Å². The highest BCUT2D eigenvalue weighted by molar-refractivity contribution is 6.07. The van der Waals surface area contributed by atoms with Gasteiger partial charge in [-0.25, -0.2) is 9.59 Å². The number of esters is 1. The number of urea groups is 1. The van der Waals surface area contributed by atoms with E-state index in [-0.39, 0.29) is 48.7 Å². The van der Waals surface area contributed by atoms with Gasteiger partial charge < -0.3 is 19.3 Å². The number of hydrogen-bond donors (Lipinski definition) is 0. The smallest absolute Gasteiger partial charge is 0.416 e. The highest BCUT2D eigenvalue weighted by Gasteiger charge is 2.46. The maximum absolute atomic E-state index is 14.6. The third-order valence-electron chi connectivity index (χ3n) is 8.04. The summed E-state index contributed by atoms with van der Waals surface area (Å²) in [6.45, 7) is 11.5. The van der Waals surface area contributed by atoms with Gasteiger partial charge in [-0.2, -0.15) is 18.4 Å². The molecule has 1 atom stereocenters. The van der Waals surface area contributed by atoms with Gasteiger partial charge in [0.1, 0.15) is 17.7 Å². The average Bonchev–Trinajstić information content (AvgIpc) is 3.00. The van der Waals surface area contributed by atoms with Crippen LogP contribution in [0.15, 0.2) is 59.8 Å². The number of Topliss-reactive ketones (excluding diaryl/α,β-unsaturated/α-hetero) is 1. The highest BCUT2D eigenvalue weighted by Crippen LogP contribution is 2.43. The Hall–Kier alpha value is -4.86. The molecule has 0 saturated carbocycles. The number of allylic oxidation sites excluding steroid dienone is 1. The summed E-state index contributed by atoms with van der Waals surface area (Å²) in [6, 6.07) is 10.4. The van der Waals surface area contributed by atoms with E-state index < -0.39 is 59.5 Å². The number of nitriles is 1. The summed E-state index contributed by atoms with van der Waals surface area (Å²) >= 11 is 0. The number of benzene rings is 2. The van der Waals surface area contributed by atoms with E-state index in [9.17, 15) is 37.6 Å². The SMILES string of the molecule is CC1=C(C(=O)C2CCN(C(=O)OC(C)(C)C)CC2)C(c2ccc(C#N)cc2)N(CC(=O)OC(C)(C)C)C(=O)N1c1cccc(C(F)(F)F)c1. The fourth-order valence-corrected chi connectivity index (χ4v) is 5.92. The first kappa shape index (κ1) is 37.0. The van der Waals surface area contributed by atoms with Gasteiger partial charge in [-0.15, -0.1) is 0 Å². The molecule has 0 N–H and O–H groups in total. The number of halogens is 3. The van der Waals surface area contributed by atoms with Crippen LogP contribution in [0.4, 0.5) is 28.4 Å². The molecule has 3 amide bonds. The van der Waals surface area contributed by atoms with Crippen LogP contribution in [-0.2, 0) is 25.2 Å². The fraction of sp³-hybridized carbons (Fsp3) is 0.472. The highest BCUT2D eigenvalue weighted by atomic mass is 19.4. The maximum Gasteiger partial charge on any atom is 0.416 e. The third kappa shape index (κ3) is 8.79. The van der Waals surface area contributed by atoms with E-state index in [4.69, 9.17) is 9.47 Å². The number of ketones is 1. The van der Waals surface area contributed by atoms with Crippen LogP contribution in [-0.4, -0.2) is 64.5 Å². The summed E-state index contributed by atoms with van der Waals surface area (Å²) in [5, 5.41) is 9.41. The Kier molecular flexibility index (Phi) is 10.5. The Bertz CT molecular complexity index is 1670. The predicted octanol–water partition coefficient (Wildman–Crippen LogP) is 7.39. The van der Waals surface area contributed by atoms with Gasteiger partial charge in [-0.05, 0) is 97.2 Å². The van der Waals surface area contributed by atoms with Gasteiger partial charge in [0.25, 0.3) is 0 Å². The van der Waals surface area contributed by atoms with Crippen molar-refractivity contribution in [3.05, 3.63) is 76.5 Å². The van der Waals surface area contributed by atoms with Crippen LogP contribution in [0.5, 0.6) is 0 Å². The molecule has 2 aromatic carbocycles. The molecule has 2 aromatic rings.